The molecule has 1 N–H and O–H groups in total. The van der Waals surface area contributed by atoms with Crippen LogP contribution in [0.15, 0.2) is 36.0 Å². The molecule has 0 fully saturated rings. The van der Waals surface area contributed by atoms with E-state index in [4.69, 9.17) is 4.74 Å². The number of benzene rings is 1. The van der Waals surface area contributed by atoms with Gasteiger partial charge < -0.3 is 14.8 Å². The normalized spacial score (nSPS) is 10.8. The highest BCUT2D eigenvalue weighted by Crippen LogP contribution is 2.16. The van der Waals surface area contributed by atoms with E-state index < -0.39 is 0 Å². The fourth-order valence-corrected chi connectivity index (χ4v) is 1.17. The van der Waals surface area contributed by atoms with E-state index in [1.807, 2.05) is 24.3 Å². The molecule has 0 radical (unpaired) electrons. The summed E-state index contributed by atoms with van der Waals surface area (Å²) in [6.45, 7) is 1.79. The van der Waals surface area contributed by atoms with Crippen LogP contribution in [0.3, 0.4) is 0 Å². The quantitative estimate of drug-likeness (QED) is 0.625. The number of methoxy groups -OCH3 is 2. The number of anilines is 1. The average Bonchev–Trinajstić information content (AvgIpc) is 2.29. The Hall–Kier alpha value is -1.97. The summed E-state index contributed by atoms with van der Waals surface area (Å²) in [6.07, 6.45) is 1.39. The van der Waals surface area contributed by atoms with E-state index in [1.54, 1.807) is 14.0 Å². The molecule has 0 saturated heterocycles. The van der Waals surface area contributed by atoms with Crippen molar-refractivity contribution in [2.75, 3.05) is 19.5 Å². The topological polar surface area (TPSA) is 47.6 Å². The van der Waals surface area contributed by atoms with Gasteiger partial charge in [0.2, 0.25) is 0 Å². The van der Waals surface area contributed by atoms with Crippen molar-refractivity contribution in [3.05, 3.63) is 36.0 Å². The van der Waals surface area contributed by atoms with E-state index in [2.05, 4.69) is 10.1 Å². The van der Waals surface area contributed by atoms with Crippen molar-refractivity contribution in [1.82, 2.24) is 0 Å². The minimum absolute atomic E-state index is 0.376. The lowest BCUT2D eigenvalue weighted by molar-refractivity contribution is -0.134. The van der Waals surface area contributed by atoms with Gasteiger partial charge in [-0.15, -0.1) is 0 Å². The molecular formula is C12H15NO3. The fourth-order valence-electron chi connectivity index (χ4n) is 1.17. The first kappa shape index (κ1) is 12.1. The van der Waals surface area contributed by atoms with Gasteiger partial charge in [-0.3, -0.25) is 0 Å². The van der Waals surface area contributed by atoms with E-state index in [-0.39, 0.29) is 5.97 Å². The van der Waals surface area contributed by atoms with Gasteiger partial charge in [-0.2, -0.15) is 0 Å². The molecule has 0 aromatic heterocycles. The molecule has 0 aliphatic carbocycles. The van der Waals surface area contributed by atoms with Gasteiger partial charge in [0.15, 0.2) is 0 Å². The maximum Gasteiger partial charge on any atom is 0.332 e. The summed E-state index contributed by atoms with van der Waals surface area (Å²) in [4.78, 5) is 11.0. The van der Waals surface area contributed by atoms with Gasteiger partial charge in [-0.25, -0.2) is 4.79 Å². The number of carbonyl (C=O) groups excluding carboxylic acids is 1. The highest BCUT2D eigenvalue weighted by Gasteiger charge is 1.98. The summed E-state index contributed by atoms with van der Waals surface area (Å²) >= 11 is 0. The fraction of sp³-hybridized carbons (Fsp3) is 0.250. The van der Waals surface area contributed by atoms with E-state index in [9.17, 15) is 4.79 Å². The Kier molecular flexibility index (Phi) is 4.39. The lowest BCUT2D eigenvalue weighted by Crippen LogP contribution is -2.01. The van der Waals surface area contributed by atoms with Gasteiger partial charge in [-0.1, -0.05) is 0 Å². The zero-order valence-corrected chi connectivity index (χ0v) is 9.61. The maximum absolute atomic E-state index is 11.0. The van der Waals surface area contributed by atoms with Gasteiger partial charge >= 0.3 is 5.97 Å². The van der Waals surface area contributed by atoms with Crippen molar-refractivity contribution in [2.45, 2.75) is 6.92 Å². The second kappa shape index (κ2) is 5.80. The number of hydrogen-bond donors (Lipinski definition) is 1. The van der Waals surface area contributed by atoms with E-state index in [1.165, 1.54) is 13.2 Å². The molecular weight excluding hydrogens is 206 g/mol. The van der Waals surface area contributed by atoms with Crippen LogP contribution in [-0.4, -0.2) is 20.2 Å². The molecule has 4 heteroatoms. The van der Waals surface area contributed by atoms with Gasteiger partial charge in [0.25, 0.3) is 0 Å². The lowest BCUT2D eigenvalue weighted by Gasteiger charge is -2.07. The molecule has 0 spiro atoms. The summed E-state index contributed by atoms with van der Waals surface area (Å²) in [5.74, 6) is 0.415. The molecule has 86 valence electrons. The Morgan fingerprint density at radius 1 is 1.25 bits per heavy atom. The molecule has 0 heterocycles. The minimum Gasteiger partial charge on any atom is -0.497 e. The van der Waals surface area contributed by atoms with Crippen LogP contribution in [-0.2, 0) is 9.53 Å². The van der Waals surface area contributed by atoms with Crippen LogP contribution < -0.4 is 10.1 Å². The maximum atomic E-state index is 11.0. The third-order valence-corrected chi connectivity index (χ3v) is 1.97. The second-order valence-electron chi connectivity index (χ2n) is 3.20. The highest BCUT2D eigenvalue weighted by atomic mass is 16.5. The van der Waals surface area contributed by atoms with Crippen LogP contribution >= 0.6 is 0 Å². The molecule has 0 saturated carbocycles. The number of rotatable bonds is 4. The molecule has 0 unspecified atom stereocenters. The number of carbonyl (C=O) groups is 1. The van der Waals surface area contributed by atoms with Crippen LogP contribution in [0.1, 0.15) is 6.92 Å². The molecule has 1 aromatic rings. The third-order valence-electron chi connectivity index (χ3n) is 1.97. The number of esters is 1. The standard InChI is InChI=1S/C12H15NO3/c1-9(8-12(14)16-3)13-10-4-6-11(15-2)7-5-10/h4-8,13H,1-3H3/b9-8+. The smallest absolute Gasteiger partial charge is 0.332 e. The summed E-state index contributed by atoms with van der Waals surface area (Å²) in [5.41, 5.74) is 1.61. The minimum atomic E-state index is -0.376. The first-order valence-electron chi connectivity index (χ1n) is 4.83. The Balaban J connectivity index is 2.66. The Morgan fingerprint density at radius 3 is 2.38 bits per heavy atom. The Labute approximate surface area is 94.9 Å². The van der Waals surface area contributed by atoms with Gasteiger partial charge in [0.1, 0.15) is 5.75 Å². The highest BCUT2D eigenvalue weighted by molar-refractivity contribution is 5.83. The van der Waals surface area contributed by atoms with Crippen LogP contribution in [0.4, 0.5) is 5.69 Å². The van der Waals surface area contributed by atoms with E-state index in [0.29, 0.717) is 0 Å². The summed E-state index contributed by atoms with van der Waals surface area (Å²) in [7, 11) is 2.96. The van der Waals surface area contributed by atoms with Crippen molar-refractivity contribution in [1.29, 1.82) is 0 Å². The average molecular weight is 221 g/mol. The largest absolute Gasteiger partial charge is 0.497 e. The van der Waals surface area contributed by atoms with Crippen molar-refractivity contribution >= 4 is 11.7 Å². The van der Waals surface area contributed by atoms with Crippen molar-refractivity contribution in [3.8, 4) is 5.75 Å². The Bertz CT molecular complexity index is 382. The van der Waals surface area contributed by atoms with Gasteiger partial charge in [-0.05, 0) is 31.2 Å². The molecule has 1 rings (SSSR count). The summed E-state index contributed by atoms with van der Waals surface area (Å²) in [5, 5.41) is 3.06. The first-order chi connectivity index (χ1) is 7.65. The third kappa shape index (κ3) is 3.65. The summed E-state index contributed by atoms with van der Waals surface area (Å²) < 4.78 is 9.56. The molecule has 0 amide bonds. The number of ether oxygens (including phenoxy) is 2. The Morgan fingerprint density at radius 2 is 1.88 bits per heavy atom. The van der Waals surface area contributed by atoms with E-state index in [0.717, 1.165) is 17.1 Å². The number of allylic oxidation sites excluding steroid dienone is 1. The molecule has 0 bridgehead atoms. The lowest BCUT2D eigenvalue weighted by atomic mass is 10.3. The number of hydrogen-bond acceptors (Lipinski definition) is 4. The van der Waals surface area contributed by atoms with Crippen molar-refractivity contribution in [3.63, 3.8) is 0 Å². The zero-order chi connectivity index (χ0) is 12.0. The van der Waals surface area contributed by atoms with Gasteiger partial charge in [0, 0.05) is 17.5 Å². The SMILES string of the molecule is COC(=O)/C=C(\C)Nc1ccc(OC)cc1. The molecule has 16 heavy (non-hydrogen) atoms. The molecule has 1 aromatic carbocycles. The van der Waals surface area contributed by atoms with Crippen LogP contribution in [0, 0.1) is 0 Å². The molecule has 0 aliphatic rings. The van der Waals surface area contributed by atoms with Gasteiger partial charge in [0.05, 0.1) is 14.2 Å². The van der Waals surface area contributed by atoms with Crippen LogP contribution in [0.25, 0.3) is 0 Å². The predicted molar refractivity (Wildman–Crippen MR) is 62.4 cm³/mol. The van der Waals surface area contributed by atoms with Crippen LogP contribution in [0.5, 0.6) is 5.75 Å². The molecule has 0 atom stereocenters. The van der Waals surface area contributed by atoms with E-state index >= 15 is 0 Å². The van der Waals surface area contributed by atoms with Crippen molar-refractivity contribution < 1.29 is 14.3 Å². The molecule has 0 aliphatic heterocycles. The summed E-state index contributed by atoms with van der Waals surface area (Å²) in [6, 6.07) is 7.42. The first-order valence-corrected chi connectivity index (χ1v) is 4.83. The van der Waals surface area contributed by atoms with Crippen molar-refractivity contribution in [2.24, 2.45) is 0 Å². The monoisotopic (exact) mass is 221 g/mol. The molecule has 4 nitrogen and oxygen atoms in total. The second-order valence-corrected chi connectivity index (χ2v) is 3.20. The predicted octanol–water partition coefficient (Wildman–Crippen LogP) is 2.18. The zero-order valence-electron chi connectivity index (χ0n) is 9.61. The van der Waals surface area contributed by atoms with Crippen LogP contribution in [0.2, 0.25) is 0 Å². The number of nitrogens with one attached hydrogen (secondary N) is 1.